The summed E-state index contributed by atoms with van der Waals surface area (Å²) in [5.74, 6) is 0.474. The fourth-order valence-corrected chi connectivity index (χ4v) is 3.37. The van der Waals surface area contributed by atoms with E-state index in [4.69, 9.17) is 0 Å². The molecule has 1 saturated carbocycles. The van der Waals surface area contributed by atoms with Crippen molar-refractivity contribution >= 4 is 22.9 Å². The highest BCUT2D eigenvalue weighted by Gasteiger charge is 2.27. The number of thioether (sulfide) groups is 1. The second kappa shape index (κ2) is 7.75. The first kappa shape index (κ1) is 14.7. The van der Waals surface area contributed by atoms with Crippen LogP contribution in [0.25, 0.3) is 0 Å². The Morgan fingerprint density at radius 1 is 1.21 bits per heavy atom. The molecule has 108 valence electrons. The molecule has 1 saturated heterocycles. The summed E-state index contributed by atoms with van der Waals surface area (Å²) < 4.78 is 0. The molecule has 1 atom stereocenters. The molecule has 2 rings (SSSR count). The third-order valence-electron chi connectivity index (χ3n) is 3.70. The Hall–Kier alpha value is -0.750. The topological polar surface area (TPSA) is 70.2 Å². The van der Waals surface area contributed by atoms with Crippen LogP contribution in [-0.2, 0) is 4.79 Å². The van der Waals surface area contributed by atoms with Crippen molar-refractivity contribution in [3.8, 4) is 0 Å². The lowest BCUT2D eigenvalue weighted by Crippen LogP contribution is -2.45. The van der Waals surface area contributed by atoms with Gasteiger partial charge in [-0.2, -0.15) is 0 Å². The van der Waals surface area contributed by atoms with Gasteiger partial charge in [-0.1, -0.05) is 37.4 Å². The Labute approximate surface area is 118 Å². The second-order valence-corrected chi connectivity index (χ2v) is 6.22. The standard InChI is InChI=1S/C13H23N3O2S/c17-12(11-9-19-13(18)16-11)15-8-7-14-10-5-3-1-2-4-6-10/h10-11,14H,1-9H2,(H,15,17)(H,16,18)/t11-/m0/s1. The molecular formula is C13H23N3O2S. The highest BCUT2D eigenvalue weighted by molar-refractivity contribution is 8.14. The van der Waals surface area contributed by atoms with E-state index in [9.17, 15) is 9.59 Å². The van der Waals surface area contributed by atoms with Crippen LogP contribution in [0.3, 0.4) is 0 Å². The minimum Gasteiger partial charge on any atom is -0.353 e. The molecule has 1 heterocycles. The summed E-state index contributed by atoms with van der Waals surface area (Å²) in [6, 6.07) is 0.261. The van der Waals surface area contributed by atoms with Gasteiger partial charge in [0.1, 0.15) is 6.04 Å². The van der Waals surface area contributed by atoms with Crippen LogP contribution in [0, 0.1) is 0 Å². The van der Waals surface area contributed by atoms with Gasteiger partial charge in [0, 0.05) is 24.9 Å². The number of hydrogen-bond acceptors (Lipinski definition) is 4. The van der Waals surface area contributed by atoms with E-state index in [-0.39, 0.29) is 17.2 Å². The van der Waals surface area contributed by atoms with Gasteiger partial charge in [0.05, 0.1) is 0 Å². The van der Waals surface area contributed by atoms with E-state index in [0.717, 1.165) is 6.54 Å². The molecule has 2 fully saturated rings. The van der Waals surface area contributed by atoms with Crippen molar-refractivity contribution in [2.24, 2.45) is 0 Å². The average molecular weight is 285 g/mol. The summed E-state index contributed by atoms with van der Waals surface area (Å²) in [6.07, 6.45) is 7.85. The SMILES string of the molecule is O=C1N[C@H](C(=O)NCCNC2CCCCCC2)CS1. The Morgan fingerprint density at radius 2 is 1.95 bits per heavy atom. The number of nitrogens with one attached hydrogen (secondary N) is 3. The third-order valence-corrected chi connectivity index (χ3v) is 4.58. The van der Waals surface area contributed by atoms with Gasteiger partial charge in [0.2, 0.25) is 5.91 Å². The molecule has 19 heavy (non-hydrogen) atoms. The van der Waals surface area contributed by atoms with Gasteiger partial charge in [-0.3, -0.25) is 9.59 Å². The molecule has 0 radical (unpaired) electrons. The molecule has 0 aromatic carbocycles. The molecule has 0 unspecified atom stereocenters. The van der Waals surface area contributed by atoms with E-state index in [2.05, 4.69) is 16.0 Å². The van der Waals surface area contributed by atoms with Crippen LogP contribution in [0.15, 0.2) is 0 Å². The monoisotopic (exact) mass is 285 g/mol. The van der Waals surface area contributed by atoms with Crippen molar-refractivity contribution in [3.63, 3.8) is 0 Å². The molecule has 3 N–H and O–H groups in total. The zero-order valence-electron chi connectivity index (χ0n) is 11.2. The van der Waals surface area contributed by atoms with Gasteiger partial charge in [0.25, 0.3) is 5.24 Å². The molecule has 1 aliphatic carbocycles. The number of amides is 2. The van der Waals surface area contributed by atoms with E-state index in [1.165, 1.54) is 50.3 Å². The molecule has 0 aromatic heterocycles. The third kappa shape index (κ3) is 5.03. The minimum atomic E-state index is -0.351. The summed E-state index contributed by atoms with van der Waals surface area (Å²) in [4.78, 5) is 22.7. The largest absolute Gasteiger partial charge is 0.353 e. The fourth-order valence-electron chi connectivity index (χ4n) is 2.59. The van der Waals surface area contributed by atoms with Crippen LogP contribution in [0.2, 0.25) is 0 Å². The maximum Gasteiger partial charge on any atom is 0.279 e. The van der Waals surface area contributed by atoms with E-state index < -0.39 is 0 Å². The van der Waals surface area contributed by atoms with Gasteiger partial charge in [-0.25, -0.2) is 0 Å². The van der Waals surface area contributed by atoms with Crippen LogP contribution < -0.4 is 16.0 Å². The molecule has 0 bridgehead atoms. The Morgan fingerprint density at radius 3 is 2.58 bits per heavy atom. The molecule has 6 heteroatoms. The molecule has 1 aliphatic heterocycles. The van der Waals surface area contributed by atoms with E-state index in [1.807, 2.05) is 0 Å². The molecular weight excluding hydrogens is 262 g/mol. The molecule has 2 aliphatic rings. The normalized spacial score (nSPS) is 24.8. The number of carbonyl (C=O) groups is 2. The van der Waals surface area contributed by atoms with Crippen molar-refractivity contribution in [1.82, 2.24) is 16.0 Å². The summed E-state index contributed by atoms with van der Waals surface area (Å²) >= 11 is 1.17. The van der Waals surface area contributed by atoms with Crippen molar-refractivity contribution < 1.29 is 9.59 Å². The maximum atomic E-state index is 11.7. The van der Waals surface area contributed by atoms with Gasteiger partial charge in [-0.15, -0.1) is 0 Å². The highest BCUT2D eigenvalue weighted by Crippen LogP contribution is 2.16. The predicted molar refractivity (Wildman–Crippen MR) is 77.3 cm³/mol. The Bertz CT molecular complexity index is 317. The van der Waals surface area contributed by atoms with Crippen LogP contribution in [0.5, 0.6) is 0 Å². The minimum absolute atomic E-state index is 0.0685. The lowest BCUT2D eigenvalue weighted by molar-refractivity contribution is -0.122. The molecule has 0 spiro atoms. The average Bonchev–Trinajstić information content (AvgIpc) is 2.68. The summed E-state index contributed by atoms with van der Waals surface area (Å²) in [5.41, 5.74) is 0. The molecule has 2 amide bonds. The zero-order valence-corrected chi connectivity index (χ0v) is 12.1. The fraction of sp³-hybridized carbons (Fsp3) is 0.846. The van der Waals surface area contributed by atoms with Crippen LogP contribution >= 0.6 is 11.8 Å². The zero-order chi connectivity index (χ0) is 13.5. The second-order valence-electron chi connectivity index (χ2n) is 5.23. The van der Waals surface area contributed by atoms with E-state index in [0.29, 0.717) is 18.3 Å². The van der Waals surface area contributed by atoms with Gasteiger partial charge in [-0.05, 0) is 12.8 Å². The predicted octanol–water partition coefficient (Wildman–Crippen LogP) is 1.24. The van der Waals surface area contributed by atoms with Crippen molar-refractivity contribution in [3.05, 3.63) is 0 Å². The number of rotatable bonds is 5. The van der Waals surface area contributed by atoms with Crippen LogP contribution in [0.1, 0.15) is 38.5 Å². The quantitative estimate of drug-likeness (QED) is 0.525. The van der Waals surface area contributed by atoms with Crippen molar-refractivity contribution in [2.45, 2.75) is 50.6 Å². The smallest absolute Gasteiger partial charge is 0.279 e. The lowest BCUT2D eigenvalue weighted by Gasteiger charge is -2.17. The molecule has 0 aromatic rings. The van der Waals surface area contributed by atoms with E-state index in [1.54, 1.807) is 0 Å². The summed E-state index contributed by atoms with van der Waals surface area (Å²) in [7, 11) is 0. The van der Waals surface area contributed by atoms with Gasteiger partial charge in [0.15, 0.2) is 0 Å². The lowest BCUT2D eigenvalue weighted by atomic mass is 10.1. The van der Waals surface area contributed by atoms with Gasteiger partial charge >= 0.3 is 0 Å². The van der Waals surface area contributed by atoms with Gasteiger partial charge < -0.3 is 16.0 Å². The first-order valence-corrected chi connectivity index (χ1v) is 8.18. The summed E-state index contributed by atoms with van der Waals surface area (Å²) in [5, 5.41) is 8.92. The first-order chi connectivity index (χ1) is 9.25. The van der Waals surface area contributed by atoms with Crippen LogP contribution in [-0.4, -0.2) is 42.1 Å². The highest BCUT2D eigenvalue weighted by atomic mass is 32.2. The molecule has 5 nitrogen and oxygen atoms in total. The number of carbonyl (C=O) groups excluding carboxylic acids is 2. The Kier molecular flexibility index (Phi) is 5.97. The van der Waals surface area contributed by atoms with Crippen molar-refractivity contribution in [2.75, 3.05) is 18.8 Å². The van der Waals surface area contributed by atoms with Crippen LogP contribution in [0.4, 0.5) is 4.79 Å². The number of hydrogen-bond donors (Lipinski definition) is 3. The Balaban J connectivity index is 1.56. The first-order valence-electron chi connectivity index (χ1n) is 7.20. The van der Waals surface area contributed by atoms with Crippen molar-refractivity contribution in [1.29, 1.82) is 0 Å². The maximum absolute atomic E-state index is 11.7. The summed E-state index contributed by atoms with van der Waals surface area (Å²) in [6.45, 7) is 1.44. The van der Waals surface area contributed by atoms with E-state index >= 15 is 0 Å².